The van der Waals surface area contributed by atoms with Crippen LogP contribution in [0.2, 0.25) is 0 Å². The van der Waals surface area contributed by atoms with Crippen LogP contribution in [0.3, 0.4) is 0 Å². The van der Waals surface area contributed by atoms with Gasteiger partial charge in [0.2, 0.25) is 0 Å². The van der Waals surface area contributed by atoms with Crippen molar-refractivity contribution < 1.29 is 14.4 Å². The van der Waals surface area contributed by atoms with E-state index < -0.39 is 0 Å². The summed E-state index contributed by atoms with van der Waals surface area (Å²) in [7, 11) is 0. The maximum Gasteiger partial charge on any atom is 0.338 e. The molecule has 1 rings (SSSR count). The van der Waals surface area contributed by atoms with Crippen molar-refractivity contribution in [1.82, 2.24) is 0 Å². The number of hydrogen-bond donors (Lipinski definition) is 2. The van der Waals surface area contributed by atoms with E-state index in [1.165, 1.54) is 0 Å². The Morgan fingerprint density at radius 2 is 2.06 bits per heavy atom. The molecular formula is C11H16N2O3. The zero-order chi connectivity index (χ0) is 11.8. The van der Waals surface area contributed by atoms with Gasteiger partial charge in [-0.25, -0.2) is 10.7 Å². The fourth-order valence-electron chi connectivity index (χ4n) is 1.19. The number of hydrogen-bond acceptors (Lipinski definition) is 5. The van der Waals surface area contributed by atoms with Crippen molar-refractivity contribution in [1.29, 1.82) is 0 Å². The molecule has 88 valence electrons. The second-order valence-electron chi connectivity index (χ2n) is 3.10. The zero-order valence-corrected chi connectivity index (χ0v) is 9.23. The Morgan fingerprint density at radius 3 is 2.62 bits per heavy atom. The lowest BCUT2D eigenvalue weighted by Gasteiger charge is -2.06. The first-order valence-corrected chi connectivity index (χ1v) is 5.10. The number of nitrogens with one attached hydrogen (secondary N) is 1. The molecule has 0 amide bonds. The molecular weight excluding hydrogens is 208 g/mol. The van der Waals surface area contributed by atoms with Crippen LogP contribution in [-0.4, -0.2) is 25.7 Å². The smallest absolute Gasteiger partial charge is 0.338 e. The molecule has 0 aliphatic heterocycles. The molecule has 0 fully saturated rings. The summed E-state index contributed by atoms with van der Waals surface area (Å²) in [6, 6.07) is 7.04. The molecule has 0 aliphatic rings. The summed E-state index contributed by atoms with van der Waals surface area (Å²) in [5.74, 6) is 4.58. The normalized spacial score (nSPS) is 9.88. The van der Waals surface area contributed by atoms with E-state index in [1.54, 1.807) is 19.1 Å². The van der Waals surface area contributed by atoms with Crippen molar-refractivity contribution in [2.24, 2.45) is 5.90 Å². The lowest BCUT2D eigenvalue weighted by Crippen LogP contribution is -2.12. The molecule has 3 N–H and O–H groups in total. The minimum Gasteiger partial charge on any atom is -0.462 e. The molecule has 0 heterocycles. The number of benzene rings is 1. The first-order valence-electron chi connectivity index (χ1n) is 5.10. The Kier molecular flexibility index (Phi) is 5.31. The number of ether oxygens (including phenoxy) is 1. The third kappa shape index (κ3) is 3.88. The van der Waals surface area contributed by atoms with E-state index in [0.717, 1.165) is 5.69 Å². The van der Waals surface area contributed by atoms with E-state index in [1.807, 2.05) is 12.1 Å². The summed E-state index contributed by atoms with van der Waals surface area (Å²) >= 11 is 0. The van der Waals surface area contributed by atoms with Crippen LogP contribution < -0.4 is 11.2 Å². The van der Waals surface area contributed by atoms with Crippen LogP contribution in [0.15, 0.2) is 24.3 Å². The highest BCUT2D eigenvalue weighted by Crippen LogP contribution is 2.10. The number of nitrogens with two attached hydrogens (primary N) is 1. The lowest BCUT2D eigenvalue weighted by atomic mass is 10.2. The van der Waals surface area contributed by atoms with Crippen LogP contribution in [0, 0.1) is 0 Å². The summed E-state index contributed by atoms with van der Waals surface area (Å²) in [5.41, 5.74) is 1.45. The van der Waals surface area contributed by atoms with Crippen LogP contribution in [0.25, 0.3) is 0 Å². The Morgan fingerprint density at radius 1 is 1.38 bits per heavy atom. The number of carbonyl (C=O) groups excluding carboxylic acids is 1. The molecule has 0 aliphatic carbocycles. The van der Waals surface area contributed by atoms with Crippen LogP contribution in [-0.2, 0) is 9.57 Å². The van der Waals surface area contributed by atoms with E-state index in [-0.39, 0.29) is 5.97 Å². The average molecular weight is 224 g/mol. The monoisotopic (exact) mass is 224 g/mol. The Labute approximate surface area is 94.5 Å². The third-order valence-corrected chi connectivity index (χ3v) is 1.95. The SMILES string of the molecule is CCOC(=O)c1ccc(NCCON)cc1. The highest BCUT2D eigenvalue weighted by molar-refractivity contribution is 5.89. The average Bonchev–Trinajstić information content (AvgIpc) is 2.30. The van der Waals surface area contributed by atoms with Crippen LogP contribution in [0.5, 0.6) is 0 Å². The number of esters is 1. The number of anilines is 1. The van der Waals surface area contributed by atoms with Gasteiger partial charge in [-0.15, -0.1) is 0 Å². The van der Waals surface area contributed by atoms with E-state index >= 15 is 0 Å². The van der Waals surface area contributed by atoms with Gasteiger partial charge in [0.1, 0.15) is 0 Å². The molecule has 0 spiro atoms. The fraction of sp³-hybridized carbons (Fsp3) is 0.364. The summed E-state index contributed by atoms with van der Waals surface area (Å²) < 4.78 is 4.87. The topological polar surface area (TPSA) is 73.6 Å². The van der Waals surface area contributed by atoms with Crippen molar-refractivity contribution in [3.8, 4) is 0 Å². The van der Waals surface area contributed by atoms with Crippen molar-refractivity contribution in [2.45, 2.75) is 6.92 Å². The summed E-state index contributed by atoms with van der Waals surface area (Å²) in [6.45, 7) is 3.21. The second-order valence-corrected chi connectivity index (χ2v) is 3.10. The Balaban J connectivity index is 2.50. The largest absolute Gasteiger partial charge is 0.462 e. The number of rotatable bonds is 6. The van der Waals surface area contributed by atoms with Gasteiger partial charge in [0.25, 0.3) is 0 Å². The molecule has 1 aromatic rings. The molecule has 0 atom stereocenters. The van der Waals surface area contributed by atoms with Crippen molar-refractivity contribution >= 4 is 11.7 Å². The molecule has 5 heteroatoms. The standard InChI is InChI=1S/C11H16N2O3/c1-2-15-11(14)9-3-5-10(6-4-9)13-7-8-16-12/h3-6,13H,2,7-8,12H2,1H3. The maximum absolute atomic E-state index is 11.3. The highest BCUT2D eigenvalue weighted by Gasteiger charge is 2.04. The van der Waals surface area contributed by atoms with Crippen LogP contribution in [0.4, 0.5) is 5.69 Å². The van der Waals surface area contributed by atoms with Crippen LogP contribution >= 0.6 is 0 Å². The lowest BCUT2D eigenvalue weighted by molar-refractivity contribution is 0.0526. The van der Waals surface area contributed by atoms with E-state index in [2.05, 4.69) is 10.2 Å². The first-order chi connectivity index (χ1) is 7.77. The van der Waals surface area contributed by atoms with Gasteiger partial charge in [0, 0.05) is 12.2 Å². The molecule has 0 saturated heterocycles. The molecule has 1 aromatic carbocycles. The molecule has 16 heavy (non-hydrogen) atoms. The second kappa shape index (κ2) is 6.81. The summed E-state index contributed by atoms with van der Waals surface area (Å²) in [4.78, 5) is 15.8. The maximum atomic E-state index is 11.3. The van der Waals surface area contributed by atoms with E-state index in [4.69, 9.17) is 10.6 Å². The third-order valence-electron chi connectivity index (χ3n) is 1.95. The minimum absolute atomic E-state index is 0.306. The quantitative estimate of drug-likeness (QED) is 0.431. The van der Waals surface area contributed by atoms with Gasteiger partial charge in [-0.1, -0.05) is 0 Å². The summed E-state index contributed by atoms with van der Waals surface area (Å²) in [5, 5.41) is 3.09. The van der Waals surface area contributed by atoms with Crippen molar-refractivity contribution in [3.63, 3.8) is 0 Å². The van der Waals surface area contributed by atoms with Gasteiger partial charge in [-0.05, 0) is 31.2 Å². The molecule has 0 aromatic heterocycles. The summed E-state index contributed by atoms with van der Waals surface area (Å²) in [6.07, 6.45) is 0. The predicted octanol–water partition coefficient (Wildman–Crippen LogP) is 1.17. The molecule has 0 bridgehead atoms. The molecule has 5 nitrogen and oxygen atoms in total. The first kappa shape index (κ1) is 12.5. The van der Waals surface area contributed by atoms with Gasteiger partial charge < -0.3 is 14.9 Å². The highest BCUT2D eigenvalue weighted by atomic mass is 16.6. The fourth-order valence-corrected chi connectivity index (χ4v) is 1.19. The zero-order valence-electron chi connectivity index (χ0n) is 9.23. The van der Waals surface area contributed by atoms with E-state index in [9.17, 15) is 4.79 Å². The van der Waals surface area contributed by atoms with Crippen LogP contribution in [0.1, 0.15) is 17.3 Å². The Bertz CT molecular complexity index is 325. The molecule has 0 saturated carbocycles. The van der Waals surface area contributed by atoms with Gasteiger partial charge in [0.15, 0.2) is 0 Å². The molecule has 0 radical (unpaired) electrons. The predicted molar refractivity (Wildman–Crippen MR) is 61.0 cm³/mol. The molecule has 0 unspecified atom stereocenters. The Hall–Kier alpha value is -1.59. The van der Waals surface area contributed by atoms with Gasteiger partial charge in [0.05, 0.1) is 18.8 Å². The number of carbonyl (C=O) groups is 1. The minimum atomic E-state index is -0.306. The van der Waals surface area contributed by atoms with E-state index in [0.29, 0.717) is 25.3 Å². The van der Waals surface area contributed by atoms with Gasteiger partial charge in [-0.2, -0.15) is 0 Å². The van der Waals surface area contributed by atoms with Crippen molar-refractivity contribution in [3.05, 3.63) is 29.8 Å². The van der Waals surface area contributed by atoms with Gasteiger partial charge >= 0.3 is 5.97 Å². The van der Waals surface area contributed by atoms with Gasteiger partial charge in [-0.3, -0.25) is 0 Å². The van der Waals surface area contributed by atoms with Crippen molar-refractivity contribution in [2.75, 3.05) is 25.1 Å².